The van der Waals surface area contributed by atoms with Gasteiger partial charge in [0.2, 0.25) is 15.9 Å². The number of amides is 1. The van der Waals surface area contributed by atoms with E-state index < -0.39 is 22.0 Å². The Labute approximate surface area is 175 Å². The second-order valence-corrected chi connectivity index (χ2v) is 8.96. The summed E-state index contributed by atoms with van der Waals surface area (Å²) in [5.41, 5.74) is 1.38. The molecule has 28 heavy (non-hydrogen) atoms. The summed E-state index contributed by atoms with van der Waals surface area (Å²) in [5, 5.41) is 3.18. The zero-order valence-corrected chi connectivity index (χ0v) is 18.1. The van der Waals surface area contributed by atoms with Crippen molar-refractivity contribution in [3.05, 3.63) is 58.1 Å². The van der Waals surface area contributed by atoms with Crippen LogP contribution in [0.1, 0.15) is 12.5 Å². The van der Waals surface area contributed by atoms with Gasteiger partial charge in [0.15, 0.2) is 0 Å². The first-order valence-electron chi connectivity index (χ1n) is 8.51. The summed E-state index contributed by atoms with van der Waals surface area (Å²) in [5.74, 6) is 0.241. The largest absolute Gasteiger partial charge is 0.492 e. The van der Waals surface area contributed by atoms with E-state index in [9.17, 15) is 13.2 Å². The van der Waals surface area contributed by atoms with Crippen LogP contribution in [0.25, 0.3) is 0 Å². The van der Waals surface area contributed by atoms with Crippen molar-refractivity contribution >= 4 is 44.8 Å². The fraction of sp³-hybridized carbons (Fsp3) is 0.316. The first-order chi connectivity index (χ1) is 13.1. The molecule has 9 heteroatoms. The second-order valence-electron chi connectivity index (χ2n) is 6.29. The van der Waals surface area contributed by atoms with Crippen molar-refractivity contribution in [1.29, 1.82) is 0 Å². The highest BCUT2D eigenvalue weighted by Gasteiger charge is 2.29. The molecule has 0 fully saturated rings. The van der Waals surface area contributed by atoms with Gasteiger partial charge in [0.05, 0.1) is 28.5 Å². The van der Waals surface area contributed by atoms with Gasteiger partial charge >= 0.3 is 0 Å². The van der Waals surface area contributed by atoms with E-state index >= 15 is 0 Å². The zero-order valence-electron chi connectivity index (χ0n) is 15.8. The third-order valence-electron chi connectivity index (χ3n) is 3.94. The van der Waals surface area contributed by atoms with Crippen molar-refractivity contribution in [2.45, 2.75) is 19.9 Å². The van der Waals surface area contributed by atoms with E-state index in [2.05, 4.69) is 5.32 Å². The van der Waals surface area contributed by atoms with Gasteiger partial charge in [-0.2, -0.15) is 0 Å². The molecule has 0 saturated carbocycles. The summed E-state index contributed by atoms with van der Waals surface area (Å²) in [6.45, 7) is 3.97. The van der Waals surface area contributed by atoms with Gasteiger partial charge in [0, 0.05) is 0 Å². The highest BCUT2D eigenvalue weighted by Crippen LogP contribution is 2.29. The highest BCUT2D eigenvalue weighted by molar-refractivity contribution is 7.92. The molecule has 0 spiro atoms. The lowest BCUT2D eigenvalue weighted by Crippen LogP contribution is -2.48. The van der Waals surface area contributed by atoms with E-state index in [1.165, 1.54) is 25.1 Å². The number of carbonyl (C=O) groups is 1. The molecule has 0 saturated heterocycles. The highest BCUT2D eigenvalue weighted by atomic mass is 35.5. The standard InChI is InChI=1S/C19H22Cl2N2O4S/c1-13-4-7-16(8-5-13)27-11-10-22-19(24)14(2)23(28(3,25)26)15-6-9-17(20)18(21)12-15/h4-9,12,14H,10-11H2,1-3H3,(H,22,24). The lowest BCUT2D eigenvalue weighted by molar-refractivity contribution is -0.121. The van der Waals surface area contributed by atoms with E-state index in [4.69, 9.17) is 27.9 Å². The van der Waals surface area contributed by atoms with Crippen LogP contribution in [0, 0.1) is 6.92 Å². The lowest BCUT2D eigenvalue weighted by atomic mass is 10.2. The number of hydrogen-bond donors (Lipinski definition) is 1. The van der Waals surface area contributed by atoms with Crippen LogP contribution in [0.15, 0.2) is 42.5 Å². The van der Waals surface area contributed by atoms with Crippen LogP contribution in [-0.2, 0) is 14.8 Å². The normalized spacial score (nSPS) is 12.3. The monoisotopic (exact) mass is 444 g/mol. The minimum Gasteiger partial charge on any atom is -0.492 e. The molecule has 1 atom stereocenters. The van der Waals surface area contributed by atoms with Crippen LogP contribution >= 0.6 is 23.2 Å². The smallest absolute Gasteiger partial charge is 0.243 e. The molecule has 1 N–H and O–H groups in total. The van der Waals surface area contributed by atoms with Gasteiger partial charge in [-0.3, -0.25) is 9.10 Å². The number of hydrogen-bond acceptors (Lipinski definition) is 4. The number of aryl methyl sites for hydroxylation is 1. The Hall–Kier alpha value is -1.96. The van der Waals surface area contributed by atoms with Gasteiger partial charge in [0.1, 0.15) is 18.4 Å². The minimum atomic E-state index is -3.73. The van der Waals surface area contributed by atoms with Crippen LogP contribution in [-0.4, -0.2) is 39.8 Å². The molecular weight excluding hydrogens is 423 g/mol. The number of nitrogens with zero attached hydrogens (tertiary/aromatic N) is 1. The Bertz CT molecular complexity index is 933. The number of nitrogens with one attached hydrogen (secondary N) is 1. The molecule has 0 aliphatic rings. The maximum Gasteiger partial charge on any atom is 0.243 e. The maximum absolute atomic E-state index is 12.5. The van der Waals surface area contributed by atoms with Crippen molar-refractivity contribution in [3.63, 3.8) is 0 Å². The molecule has 1 amide bonds. The Morgan fingerprint density at radius 2 is 1.79 bits per heavy atom. The van der Waals surface area contributed by atoms with Gasteiger partial charge in [-0.1, -0.05) is 40.9 Å². The summed E-state index contributed by atoms with van der Waals surface area (Å²) >= 11 is 11.9. The number of halogens is 2. The Balaban J connectivity index is 2.01. The van der Waals surface area contributed by atoms with E-state index in [0.29, 0.717) is 10.8 Å². The molecular formula is C19H22Cl2N2O4S. The van der Waals surface area contributed by atoms with Gasteiger partial charge in [0.25, 0.3) is 0 Å². The van der Waals surface area contributed by atoms with E-state index in [-0.39, 0.29) is 23.9 Å². The zero-order chi connectivity index (χ0) is 20.9. The fourth-order valence-corrected chi connectivity index (χ4v) is 4.02. The number of rotatable bonds is 8. The Morgan fingerprint density at radius 3 is 2.36 bits per heavy atom. The topological polar surface area (TPSA) is 75.7 Å². The fourth-order valence-electron chi connectivity index (χ4n) is 2.56. The summed E-state index contributed by atoms with van der Waals surface area (Å²) in [4.78, 5) is 12.5. The third kappa shape index (κ3) is 6.02. The van der Waals surface area contributed by atoms with Crippen molar-refractivity contribution < 1.29 is 17.9 Å². The van der Waals surface area contributed by atoms with Crippen LogP contribution in [0.5, 0.6) is 5.75 Å². The minimum absolute atomic E-state index is 0.201. The first-order valence-corrected chi connectivity index (χ1v) is 11.1. The van der Waals surface area contributed by atoms with Crippen molar-refractivity contribution in [3.8, 4) is 5.75 Å². The summed E-state index contributed by atoms with van der Waals surface area (Å²) in [6.07, 6.45) is 1.03. The number of benzene rings is 2. The average Bonchev–Trinajstić information content (AvgIpc) is 2.62. The van der Waals surface area contributed by atoms with Gasteiger partial charge in [-0.15, -0.1) is 0 Å². The maximum atomic E-state index is 12.5. The van der Waals surface area contributed by atoms with E-state index in [1.54, 1.807) is 0 Å². The third-order valence-corrected chi connectivity index (χ3v) is 5.92. The molecule has 2 rings (SSSR count). The molecule has 0 heterocycles. The van der Waals surface area contributed by atoms with Crippen LogP contribution in [0.3, 0.4) is 0 Å². The van der Waals surface area contributed by atoms with Crippen LogP contribution in [0.4, 0.5) is 5.69 Å². The predicted molar refractivity (Wildman–Crippen MR) is 113 cm³/mol. The van der Waals surface area contributed by atoms with Gasteiger partial charge in [-0.05, 0) is 44.2 Å². The molecule has 2 aromatic carbocycles. The molecule has 0 bridgehead atoms. The summed E-state index contributed by atoms with van der Waals surface area (Å²) in [6, 6.07) is 11.0. The molecule has 2 aromatic rings. The second kappa shape index (κ2) is 9.49. The number of anilines is 1. The van der Waals surface area contributed by atoms with E-state index in [0.717, 1.165) is 16.1 Å². The van der Waals surface area contributed by atoms with Crippen molar-refractivity contribution in [1.82, 2.24) is 5.32 Å². The molecule has 0 aliphatic carbocycles. The molecule has 0 aliphatic heterocycles. The SMILES string of the molecule is Cc1ccc(OCCNC(=O)C(C)N(c2ccc(Cl)c(Cl)c2)S(C)(=O)=O)cc1. The van der Waals surface area contributed by atoms with Crippen molar-refractivity contribution in [2.75, 3.05) is 23.7 Å². The molecule has 152 valence electrons. The van der Waals surface area contributed by atoms with Gasteiger partial charge in [-0.25, -0.2) is 8.42 Å². The molecule has 1 unspecified atom stereocenters. The lowest BCUT2D eigenvalue weighted by Gasteiger charge is -2.28. The van der Waals surface area contributed by atoms with Crippen LogP contribution in [0.2, 0.25) is 10.0 Å². The summed E-state index contributed by atoms with van der Waals surface area (Å²) in [7, 11) is -3.73. The van der Waals surface area contributed by atoms with Crippen molar-refractivity contribution in [2.24, 2.45) is 0 Å². The first kappa shape index (κ1) is 22.3. The van der Waals surface area contributed by atoms with Crippen LogP contribution < -0.4 is 14.4 Å². The van der Waals surface area contributed by atoms with E-state index in [1.807, 2.05) is 31.2 Å². The molecule has 6 nitrogen and oxygen atoms in total. The quantitative estimate of drug-likeness (QED) is 0.630. The predicted octanol–water partition coefficient (Wildman–Crippen LogP) is 3.65. The molecule has 0 radical (unpaired) electrons. The summed E-state index contributed by atoms with van der Waals surface area (Å²) < 4.78 is 31.1. The van der Waals surface area contributed by atoms with Gasteiger partial charge < -0.3 is 10.1 Å². The number of sulfonamides is 1. The number of ether oxygens (including phenoxy) is 1. The number of carbonyl (C=O) groups excluding carboxylic acids is 1. The Morgan fingerprint density at radius 1 is 1.14 bits per heavy atom. The average molecular weight is 445 g/mol. The Kier molecular flexibility index (Phi) is 7.57. The molecule has 0 aromatic heterocycles.